The van der Waals surface area contributed by atoms with Crippen molar-refractivity contribution in [3.8, 4) is 5.69 Å². The van der Waals surface area contributed by atoms with Crippen LogP contribution in [0.2, 0.25) is 10.0 Å². The van der Waals surface area contributed by atoms with Crippen LogP contribution in [0.1, 0.15) is 22.6 Å². The molecule has 0 N–H and O–H groups in total. The van der Waals surface area contributed by atoms with Gasteiger partial charge in [0, 0.05) is 22.7 Å². The molecule has 132 valence electrons. The van der Waals surface area contributed by atoms with Gasteiger partial charge in [-0.25, -0.2) is 4.98 Å². The quantitative estimate of drug-likeness (QED) is 0.661. The zero-order valence-corrected chi connectivity index (χ0v) is 16.1. The number of aliphatic imine (C=N–C) groups is 1. The Hall–Kier alpha value is -2.14. The topological polar surface area (TPSA) is 33.4 Å². The molecule has 6 heteroatoms. The summed E-state index contributed by atoms with van der Waals surface area (Å²) in [5.74, 6) is 0.896. The Kier molecular flexibility index (Phi) is 4.57. The molecule has 2 heterocycles. The molecule has 3 aromatic rings. The Bertz CT molecular complexity index is 1000. The minimum Gasteiger partial charge on any atom is -0.304 e. The molecule has 0 bridgehead atoms. The van der Waals surface area contributed by atoms with Crippen molar-refractivity contribution in [3.63, 3.8) is 0 Å². The molecule has 0 fully saturated rings. The number of benzene rings is 2. The predicted molar refractivity (Wildman–Crippen MR) is 107 cm³/mol. The van der Waals surface area contributed by atoms with E-state index in [4.69, 9.17) is 28.2 Å². The molecule has 1 aromatic heterocycles. The van der Waals surface area contributed by atoms with E-state index in [1.807, 2.05) is 56.7 Å². The first-order valence-electron chi connectivity index (χ1n) is 8.35. The number of hydrogen-bond donors (Lipinski definition) is 0. The van der Waals surface area contributed by atoms with E-state index in [1.165, 1.54) is 0 Å². The molecule has 4 rings (SSSR count). The maximum absolute atomic E-state index is 6.64. The van der Waals surface area contributed by atoms with Crippen LogP contribution in [0.4, 0.5) is 0 Å². The van der Waals surface area contributed by atoms with Crippen LogP contribution in [0, 0.1) is 0 Å². The van der Waals surface area contributed by atoms with Crippen LogP contribution in [0.25, 0.3) is 5.69 Å². The largest absolute Gasteiger partial charge is 0.304 e. The van der Waals surface area contributed by atoms with Gasteiger partial charge in [-0.05, 0) is 32.3 Å². The number of aromatic nitrogens is 2. The van der Waals surface area contributed by atoms with E-state index >= 15 is 0 Å². The minimum absolute atomic E-state index is 0.471. The molecule has 4 nitrogen and oxygen atoms in total. The summed E-state index contributed by atoms with van der Waals surface area (Å²) in [5, 5.41) is 1.31. The van der Waals surface area contributed by atoms with Gasteiger partial charge in [0.05, 0.1) is 34.9 Å². The second-order valence-electron chi connectivity index (χ2n) is 6.52. The summed E-state index contributed by atoms with van der Waals surface area (Å²) in [6.45, 7) is 1.25. The first-order chi connectivity index (χ1) is 12.6. The molecule has 0 amide bonds. The molecule has 0 unspecified atom stereocenters. The van der Waals surface area contributed by atoms with Crippen LogP contribution in [-0.4, -0.2) is 34.3 Å². The number of fused-ring (bicyclic) bond motifs is 3. The summed E-state index contributed by atoms with van der Waals surface area (Å²) in [5.41, 5.74) is 4.65. The number of hydrogen-bond acceptors (Lipinski definition) is 3. The SMILES string of the molecule is CN(C)Cc1cnc2n1-c1cccc(Cl)c1C(c1ccccc1Cl)=NC2. The molecule has 2 aromatic carbocycles. The summed E-state index contributed by atoms with van der Waals surface area (Å²) in [7, 11) is 4.09. The summed E-state index contributed by atoms with van der Waals surface area (Å²) in [6.07, 6.45) is 1.91. The molecule has 1 aliphatic heterocycles. The lowest BCUT2D eigenvalue weighted by Gasteiger charge is -2.17. The van der Waals surface area contributed by atoms with Crippen molar-refractivity contribution in [3.05, 3.63) is 81.4 Å². The van der Waals surface area contributed by atoms with Gasteiger partial charge in [0.2, 0.25) is 0 Å². The van der Waals surface area contributed by atoms with E-state index in [0.717, 1.165) is 40.6 Å². The van der Waals surface area contributed by atoms with Crippen LogP contribution in [0.3, 0.4) is 0 Å². The lowest BCUT2D eigenvalue weighted by atomic mass is 10.00. The fourth-order valence-electron chi connectivity index (χ4n) is 3.31. The highest BCUT2D eigenvalue weighted by Crippen LogP contribution is 2.33. The van der Waals surface area contributed by atoms with Crippen molar-refractivity contribution in [2.75, 3.05) is 14.1 Å². The zero-order chi connectivity index (χ0) is 18.3. The van der Waals surface area contributed by atoms with Crippen LogP contribution in [0.15, 0.2) is 53.7 Å². The van der Waals surface area contributed by atoms with Gasteiger partial charge in [-0.1, -0.05) is 47.5 Å². The number of halogens is 2. The predicted octanol–water partition coefficient (Wildman–Crippen LogP) is 4.59. The highest BCUT2D eigenvalue weighted by Gasteiger charge is 2.24. The molecule has 1 aliphatic rings. The van der Waals surface area contributed by atoms with Crippen molar-refractivity contribution in [2.45, 2.75) is 13.1 Å². The normalized spacial score (nSPS) is 13.2. The average molecular weight is 385 g/mol. The van der Waals surface area contributed by atoms with Gasteiger partial charge in [-0.15, -0.1) is 0 Å². The molecule has 0 saturated carbocycles. The Morgan fingerprint density at radius 3 is 2.58 bits per heavy atom. The van der Waals surface area contributed by atoms with Crippen molar-refractivity contribution in [1.29, 1.82) is 0 Å². The third-order valence-corrected chi connectivity index (χ3v) is 5.01. The average Bonchev–Trinajstić information content (AvgIpc) is 2.90. The smallest absolute Gasteiger partial charge is 0.135 e. The second kappa shape index (κ2) is 6.88. The first-order valence-corrected chi connectivity index (χ1v) is 9.10. The van der Waals surface area contributed by atoms with Gasteiger partial charge in [0.1, 0.15) is 5.82 Å². The van der Waals surface area contributed by atoms with Crippen LogP contribution in [-0.2, 0) is 13.1 Å². The van der Waals surface area contributed by atoms with E-state index in [9.17, 15) is 0 Å². The molecule has 0 spiro atoms. The zero-order valence-electron chi connectivity index (χ0n) is 14.6. The van der Waals surface area contributed by atoms with E-state index < -0.39 is 0 Å². The maximum atomic E-state index is 6.64. The summed E-state index contributed by atoms with van der Waals surface area (Å²) < 4.78 is 2.16. The Labute approximate surface area is 162 Å². The first kappa shape index (κ1) is 17.3. The van der Waals surface area contributed by atoms with Gasteiger partial charge >= 0.3 is 0 Å². The molecular formula is C20H18Cl2N4. The van der Waals surface area contributed by atoms with Gasteiger partial charge in [-0.2, -0.15) is 0 Å². The maximum Gasteiger partial charge on any atom is 0.135 e. The summed E-state index contributed by atoms with van der Waals surface area (Å²) in [6, 6.07) is 13.6. The Morgan fingerprint density at radius 1 is 1.04 bits per heavy atom. The summed E-state index contributed by atoms with van der Waals surface area (Å²) >= 11 is 13.1. The molecule has 26 heavy (non-hydrogen) atoms. The molecular weight excluding hydrogens is 367 g/mol. The highest BCUT2D eigenvalue weighted by molar-refractivity contribution is 6.39. The van der Waals surface area contributed by atoms with Crippen LogP contribution < -0.4 is 0 Å². The lowest BCUT2D eigenvalue weighted by Crippen LogP contribution is -2.16. The van der Waals surface area contributed by atoms with E-state index in [1.54, 1.807) is 0 Å². The summed E-state index contributed by atoms with van der Waals surface area (Å²) in [4.78, 5) is 11.6. The van der Waals surface area contributed by atoms with Gasteiger partial charge < -0.3 is 4.90 Å². The number of imidazole rings is 1. The van der Waals surface area contributed by atoms with Gasteiger partial charge in [0.15, 0.2) is 0 Å². The molecule has 0 aliphatic carbocycles. The van der Waals surface area contributed by atoms with Crippen LogP contribution in [0.5, 0.6) is 0 Å². The lowest BCUT2D eigenvalue weighted by molar-refractivity contribution is 0.393. The van der Waals surface area contributed by atoms with Crippen molar-refractivity contribution in [1.82, 2.24) is 14.5 Å². The Balaban J connectivity index is 1.97. The van der Waals surface area contributed by atoms with E-state index in [-0.39, 0.29) is 0 Å². The number of nitrogens with zero attached hydrogens (tertiary/aromatic N) is 4. The second-order valence-corrected chi connectivity index (χ2v) is 7.33. The molecule has 0 saturated heterocycles. The monoisotopic (exact) mass is 384 g/mol. The third kappa shape index (κ3) is 2.94. The third-order valence-electron chi connectivity index (χ3n) is 4.36. The van der Waals surface area contributed by atoms with Crippen molar-refractivity contribution in [2.24, 2.45) is 4.99 Å². The Morgan fingerprint density at radius 2 is 1.81 bits per heavy atom. The van der Waals surface area contributed by atoms with Crippen molar-refractivity contribution >= 4 is 28.9 Å². The highest BCUT2D eigenvalue weighted by atomic mass is 35.5. The molecule has 0 radical (unpaired) electrons. The standard InChI is InChI=1S/C20H18Cl2N4/c1-25(2)12-13-10-23-18-11-24-20(14-6-3-4-7-15(14)21)19-16(22)8-5-9-17(19)26(13)18/h3-10H,11-12H2,1-2H3. The molecule has 0 atom stereocenters. The van der Waals surface area contributed by atoms with E-state index in [2.05, 4.69) is 20.5 Å². The van der Waals surface area contributed by atoms with Gasteiger partial charge in [0.25, 0.3) is 0 Å². The van der Waals surface area contributed by atoms with Crippen LogP contribution >= 0.6 is 23.2 Å². The van der Waals surface area contributed by atoms with E-state index in [0.29, 0.717) is 16.6 Å². The fraction of sp³-hybridized carbons (Fsp3) is 0.200. The van der Waals surface area contributed by atoms with Gasteiger partial charge in [-0.3, -0.25) is 9.56 Å². The van der Waals surface area contributed by atoms with Crippen molar-refractivity contribution < 1.29 is 0 Å². The number of rotatable bonds is 3. The fourth-order valence-corrected chi connectivity index (χ4v) is 3.79. The minimum atomic E-state index is 0.471.